The van der Waals surface area contributed by atoms with Gasteiger partial charge in [-0.3, -0.25) is 4.98 Å². The van der Waals surface area contributed by atoms with Gasteiger partial charge in [0.15, 0.2) is 23.2 Å². The van der Waals surface area contributed by atoms with Crippen LogP contribution in [-0.4, -0.2) is 30.7 Å². The van der Waals surface area contributed by atoms with E-state index in [4.69, 9.17) is 4.74 Å². The molecule has 0 unspecified atom stereocenters. The fourth-order valence-electron chi connectivity index (χ4n) is 3.88. The van der Waals surface area contributed by atoms with E-state index in [9.17, 15) is 8.42 Å². The third kappa shape index (κ3) is 4.01. The van der Waals surface area contributed by atoms with Crippen LogP contribution >= 0.6 is 0 Å². The lowest BCUT2D eigenvalue weighted by Crippen LogP contribution is -2.29. The van der Waals surface area contributed by atoms with Crippen molar-refractivity contribution in [2.75, 3.05) is 11.4 Å². The lowest BCUT2D eigenvalue weighted by molar-refractivity contribution is 0.385. The fraction of sp³-hybridized carbons (Fsp3) is 0.0385. The number of fused-ring (bicyclic) bond motifs is 1. The molecule has 3 aromatic carbocycles. The van der Waals surface area contributed by atoms with Crippen LogP contribution in [0.15, 0.2) is 96.3 Å². The first-order chi connectivity index (χ1) is 17.4. The lowest BCUT2D eigenvalue weighted by Gasteiger charge is -2.26. The second-order valence-electron chi connectivity index (χ2n) is 7.70. The van der Waals surface area contributed by atoms with Gasteiger partial charge in [-0.25, -0.2) is 21.5 Å². The number of rotatable bonds is 6. The van der Waals surface area contributed by atoms with E-state index in [0.29, 0.717) is 20.6 Å². The molecule has 0 bridgehead atoms. The lowest BCUT2D eigenvalue weighted by atomic mass is 10.0. The average Bonchev–Trinajstić information content (AvgIpc) is 2.91. The summed E-state index contributed by atoms with van der Waals surface area (Å²) in [5.41, 5.74) is -0.329. The number of nitrogens with zero attached hydrogens (tertiary/aromatic N) is 4. The third-order valence-electron chi connectivity index (χ3n) is 5.56. The highest BCUT2D eigenvalue weighted by Gasteiger charge is 2.35. The summed E-state index contributed by atoms with van der Waals surface area (Å²) < 4.78 is 65.3. The zero-order valence-electron chi connectivity index (χ0n) is 18.8. The number of halogens is 2. The SMILES string of the molecule is COc1c(F)c(-c2ccccc2)cc(F)c1N(c1cccnn1)S(=O)(=O)c1ccc2cnccc2c1. The molecule has 5 rings (SSSR count). The van der Waals surface area contributed by atoms with Crippen LogP contribution in [0, 0.1) is 11.6 Å². The molecule has 0 amide bonds. The van der Waals surface area contributed by atoms with Crippen LogP contribution in [0.4, 0.5) is 20.3 Å². The molecule has 180 valence electrons. The standard InChI is InChI=1S/C26H18F2N4O3S/c1-35-26-24(28)21(17-6-3-2-4-7-17)15-22(27)25(26)32(23-8-5-12-30-31-23)36(33,34)20-10-9-19-16-29-13-11-18(19)14-20/h2-16H,1H3. The van der Waals surface area contributed by atoms with Crippen molar-refractivity contribution >= 4 is 32.3 Å². The monoisotopic (exact) mass is 504 g/mol. The van der Waals surface area contributed by atoms with Gasteiger partial charge in [0.2, 0.25) is 0 Å². The largest absolute Gasteiger partial charge is 0.491 e. The number of methoxy groups -OCH3 is 1. The summed E-state index contributed by atoms with van der Waals surface area (Å²) in [4.78, 5) is 3.86. The van der Waals surface area contributed by atoms with Gasteiger partial charge >= 0.3 is 0 Å². The summed E-state index contributed by atoms with van der Waals surface area (Å²) in [6, 6.07) is 18.0. The molecule has 0 aliphatic carbocycles. The molecule has 0 radical (unpaired) electrons. The van der Waals surface area contributed by atoms with E-state index in [1.807, 2.05) is 0 Å². The van der Waals surface area contributed by atoms with Crippen molar-refractivity contribution in [2.45, 2.75) is 4.90 Å². The molecule has 2 aromatic heterocycles. The summed E-state index contributed by atoms with van der Waals surface area (Å²) in [7, 11) is -3.38. The Balaban J connectivity index is 1.77. The van der Waals surface area contributed by atoms with Crippen LogP contribution in [0.1, 0.15) is 0 Å². The number of benzene rings is 3. The van der Waals surface area contributed by atoms with E-state index in [0.717, 1.165) is 13.2 Å². The van der Waals surface area contributed by atoms with Gasteiger partial charge < -0.3 is 4.74 Å². The Morgan fingerprint density at radius 3 is 2.42 bits per heavy atom. The first kappa shape index (κ1) is 23.3. The number of sulfonamides is 1. The zero-order valence-corrected chi connectivity index (χ0v) is 19.7. The Morgan fingerprint density at radius 1 is 0.889 bits per heavy atom. The summed E-state index contributed by atoms with van der Waals surface area (Å²) in [6.07, 6.45) is 4.45. The predicted molar refractivity (Wildman–Crippen MR) is 131 cm³/mol. The Hall–Kier alpha value is -4.44. The molecule has 0 N–H and O–H groups in total. The molecule has 0 saturated carbocycles. The first-order valence-corrected chi connectivity index (χ1v) is 12.1. The molecule has 2 heterocycles. The van der Waals surface area contributed by atoms with E-state index in [1.165, 1.54) is 36.7 Å². The molecule has 0 aliphatic rings. The van der Waals surface area contributed by atoms with Crippen LogP contribution in [0.2, 0.25) is 0 Å². The minimum atomic E-state index is -4.52. The Labute approximate surface area is 205 Å². The van der Waals surface area contributed by atoms with E-state index in [-0.39, 0.29) is 16.3 Å². The smallest absolute Gasteiger partial charge is 0.270 e. The minimum Gasteiger partial charge on any atom is -0.491 e. The molecule has 0 aliphatic heterocycles. The quantitative estimate of drug-likeness (QED) is 0.303. The van der Waals surface area contributed by atoms with Crippen molar-refractivity contribution in [1.29, 1.82) is 0 Å². The van der Waals surface area contributed by atoms with Crippen molar-refractivity contribution in [3.05, 3.63) is 103 Å². The maximum atomic E-state index is 15.8. The zero-order chi connectivity index (χ0) is 25.3. The van der Waals surface area contributed by atoms with E-state index in [2.05, 4.69) is 15.2 Å². The van der Waals surface area contributed by atoms with E-state index in [1.54, 1.807) is 48.7 Å². The van der Waals surface area contributed by atoms with Crippen molar-refractivity contribution in [2.24, 2.45) is 0 Å². The maximum absolute atomic E-state index is 15.8. The van der Waals surface area contributed by atoms with Crippen molar-refractivity contribution in [1.82, 2.24) is 15.2 Å². The molecule has 36 heavy (non-hydrogen) atoms. The Bertz CT molecular complexity index is 1670. The predicted octanol–water partition coefficient (Wildman–Crippen LogP) is 5.51. The van der Waals surface area contributed by atoms with Crippen LogP contribution in [0.5, 0.6) is 5.75 Å². The number of aromatic nitrogens is 3. The Morgan fingerprint density at radius 2 is 1.69 bits per heavy atom. The van der Waals surface area contributed by atoms with Crippen LogP contribution in [-0.2, 0) is 10.0 Å². The number of ether oxygens (including phenoxy) is 1. The maximum Gasteiger partial charge on any atom is 0.270 e. The van der Waals surface area contributed by atoms with E-state index < -0.39 is 33.1 Å². The van der Waals surface area contributed by atoms with E-state index >= 15 is 8.78 Å². The first-order valence-electron chi connectivity index (χ1n) is 10.7. The molecule has 0 atom stereocenters. The molecule has 10 heteroatoms. The topological polar surface area (TPSA) is 85.3 Å². The van der Waals surface area contributed by atoms with Crippen molar-refractivity contribution < 1.29 is 21.9 Å². The molecular weight excluding hydrogens is 486 g/mol. The molecule has 0 spiro atoms. The van der Waals surface area contributed by atoms with Gasteiger partial charge in [0.25, 0.3) is 10.0 Å². The number of pyridine rings is 1. The molecule has 5 aromatic rings. The summed E-state index contributed by atoms with van der Waals surface area (Å²) in [6.45, 7) is 0. The number of hydrogen-bond acceptors (Lipinski definition) is 6. The third-order valence-corrected chi connectivity index (χ3v) is 7.26. The van der Waals surface area contributed by atoms with Gasteiger partial charge in [-0.05, 0) is 47.3 Å². The van der Waals surface area contributed by atoms with Gasteiger partial charge in [0.05, 0.1) is 12.0 Å². The highest BCUT2D eigenvalue weighted by Crippen LogP contribution is 2.44. The normalized spacial score (nSPS) is 11.4. The molecule has 0 fully saturated rings. The highest BCUT2D eigenvalue weighted by molar-refractivity contribution is 7.93. The van der Waals surface area contributed by atoms with Gasteiger partial charge in [0.1, 0.15) is 5.69 Å². The molecular formula is C26H18F2N4O3S. The number of hydrogen-bond donors (Lipinski definition) is 0. The van der Waals surface area contributed by atoms with Gasteiger partial charge in [0, 0.05) is 29.5 Å². The van der Waals surface area contributed by atoms with Crippen LogP contribution in [0.25, 0.3) is 21.9 Å². The van der Waals surface area contributed by atoms with Crippen molar-refractivity contribution in [3.63, 3.8) is 0 Å². The average molecular weight is 505 g/mol. The second-order valence-corrected chi connectivity index (χ2v) is 9.49. The van der Waals surface area contributed by atoms with Crippen LogP contribution in [0.3, 0.4) is 0 Å². The molecule has 7 nitrogen and oxygen atoms in total. The minimum absolute atomic E-state index is 0.0802. The summed E-state index contributed by atoms with van der Waals surface area (Å²) in [5, 5.41) is 8.93. The van der Waals surface area contributed by atoms with Crippen LogP contribution < -0.4 is 9.04 Å². The second kappa shape index (κ2) is 9.31. The Kier molecular flexibility index (Phi) is 6.03. The number of anilines is 2. The fourth-order valence-corrected chi connectivity index (χ4v) is 5.36. The highest BCUT2D eigenvalue weighted by atomic mass is 32.2. The van der Waals surface area contributed by atoms with Crippen molar-refractivity contribution in [3.8, 4) is 16.9 Å². The van der Waals surface area contributed by atoms with Gasteiger partial charge in [-0.15, -0.1) is 5.10 Å². The van der Waals surface area contributed by atoms with Gasteiger partial charge in [-0.2, -0.15) is 5.10 Å². The molecule has 0 saturated heterocycles. The summed E-state index contributed by atoms with van der Waals surface area (Å²) in [5.74, 6) is -2.77. The summed E-state index contributed by atoms with van der Waals surface area (Å²) >= 11 is 0. The van der Waals surface area contributed by atoms with Gasteiger partial charge in [-0.1, -0.05) is 36.4 Å².